The number of benzene rings is 1. The quantitative estimate of drug-likeness (QED) is 0.542. The third-order valence-corrected chi connectivity index (χ3v) is 3.49. The molecule has 0 radical (unpaired) electrons. The number of carboxylic acid groups (broad SMARTS) is 1. The second-order valence-corrected chi connectivity index (χ2v) is 5.16. The number of nitriles is 1. The number of carbonyl (C=O) groups is 2. The number of hydrogen-bond donors (Lipinski definition) is 3. The van der Waals surface area contributed by atoms with Crippen LogP contribution < -0.4 is 16.4 Å². The van der Waals surface area contributed by atoms with E-state index >= 15 is 0 Å². The van der Waals surface area contributed by atoms with E-state index < -0.39 is 18.4 Å². The van der Waals surface area contributed by atoms with Gasteiger partial charge in [0, 0.05) is 5.59 Å². The van der Waals surface area contributed by atoms with E-state index in [9.17, 15) is 14.7 Å². The second kappa shape index (κ2) is 6.87. The Morgan fingerprint density at radius 3 is 2.67 bits per heavy atom. The van der Waals surface area contributed by atoms with Gasteiger partial charge in [-0.25, -0.2) is 0 Å². The highest BCUT2D eigenvalue weighted by atomic mass is 16.4. The topological polar surface area (TPSA) is 123 Å². The molecular formula is C15H13B2N3O4. The molecule has 0 fully saturated rings. The van der Waals surface area contributed by atoms with Crippen molar-refractivity contribution in [3.05, 3.63) is 35.5 Å². The van der Waals surface area contributed by atoms with Gasteiger partial charge in [-0.1, -0.05) is 12.1 Å². The van der Waals surface area contributed by atoms with E-state index in [4.69, 9.17) is 10.4 Å². The first-order chi connectivity index (χ1) is 11.3. The molecule has 0 saturated heterocycles. The Bertz CT molecular complexity index is 878. The summed E-state index contributed by atoms with van der Waals surface area (Å²) in [4.78, 5) is 26.6. The van der Waals surface area contributed by atoms with E-state index in [2.05, 4.69) is 10.3 Å². The molecule has 2 aromatic rings. The van der Waals surface area contributed by atoms with Gasteiger partial charge in [0.25, 0.3) is 5.91 Å². The van der Waals surface area contributed by atoms with E-state index in [-0.39, 0.29) is 11.4 Å². The van der Waals surface area contributed by atoms with Crippen LogP contribution in [0.2, 0.25) is 0 Å². The molecule has 0 bridgehead atoms. The van der Waals surface area contributed by atoms with Gasteiger partial charge in [-0.3, -0.25) is 14.6 Å². The fraction of sp³-hybridized carbons (Fsp3) is 0.0667. The van der Waals surface area contributed by atoms with Crippen molar-refractivity contribution in [2.75, 3.05) is 6.54 Å². The van der Waals surface area contributed by atoms with E-state index in [0.717, 1.165) is 0 Å². The van der Waals surface area contributed by atoms with Gasteiger partial charge >= 0.3 is 5.97 Å². The van der Waals surface area contributed by atoms with Crippen LogP contribution in [0, 0.1) is 11.3 Å². The van der Waals surface area contributed by atoms with Crippen LogP contribution in [-0.2, 0) is 4.79 Å². The normalized spacial score (nSPS) is 9.96. The van der Waals surface area contributed by atoms with Crippen LogP contribution in [0.3, 0.4) is 0 Å². The van der Waals surface area contributed by atoms with Crippen molar-refractivity contribution in [3.63, 3.8) is 0 Å². The lowest BCUT2D eigenvalue weighted by atomic mass is 9.80. The SMILES string of the molecule is Bc1nc(C(=O)NCC(=O)O)c(O)c(B)c1-c1cccc(C#N)c1. The molecule has 1 heterocycles. The number of aromatic hydroxyl groups is 1. The number of aliphatic carboxylic acids is 1. The van der Waals surface area contributed by atoms with Gasteiger partial charge in [0.2, 0.25) is 0 Å². The maximum absolute atomic E-state index is 12.0. The van der Waals surface area contributed by atoms with Crippen LogP contribution in [0.4, 0.5) is 0 Å². The van der Waals surface area contributed by atoms with Crippen LogP contribution >= 0.6 is 0 Å². The molecule has 3 N–H and O–H groups in total. The molecule has 0 spiro atoms. The van der Waals surface area contributed by atoms with Crippen LogP contribution in [-0.4, -0.2) is 49.3 Å². The number of pyridine rings is 1. The lowest BCUT2D eigenvalue weighted by molar-refractivity contribution is -0.135. The molecule has 2 rings (SSSR count). The number of nitrogens with zero attached hydrogens (tertiary/aromatic N) is 2. The standard InChI is InChI=1S/C15H13B2N3O4/c16-11-10(8-3-1-2-7(4-8)5-18)14(17)20-12(13(11)23)15(24)19-6-9(21)22/h1-4,23H,6,16-17H2,(H,19,24)(H,21,22). The van der Waals surface area contributed by atoms with Crippen LogP contribution in [0.5, 0.6) is 5.75 Å². The largest absolute Gasteiger partial charge is 0.506 e. The zero-order valence-electron chi connectivity index (χ0n) is 13.1. The number of carboxylic acids is 1. The molecule has 7 nitrogen and oxygen atoms in total. The highest BCUT2D eigenvalue weighted by molar-refractivity contribution is 6.44. The first kappa shape index (κ1) is 17.1. The third-order valence-electron chi connectivity index (χ3n) is 3.49. The van der Waals surface area contributed by atoms with Crippen molar-refractivity contribution in [2.24, 2.45) is 0 Å². The zero-order chi connectivity index (χ0) is 17.9. The molecule has 24 heavy (non-hydrogen) atoms. The van der Waals surface area contributed by atoms with Gasteiger partial charge in [-0.05, 0) is 28.7 Å². The lowest BCUT2D eigenvalue weighted by Crippen LogP contribution is -2.34. The Hall–Kier alpha value is -3.27. The van der Waals surface area contributed by atoms with Gasteiger partial charge in [0.15, 0.2) is 13.5 Å². The van der Waals surface area contributed by atoms with Gasteiger partial charge in [0.1, 0.15) is 20.1 Å². The van der Waals surface area contributed by atoms with E-state index in [1.54, 1.807) is 40.0 Å². The Morgan fingerprint density at radius 2 is 2.04 bits per heavy atom. The Balaban J connectivity index is 2.50. The minimum absolute atomic E-state index is 0.230. The monoisotopic (exact) mass is 321 g/mol. The van der Waals surface area contributed by atoms with Crippen molar-refractivity contribution in [2.45, 2.75) is 0 Å². The van der Waals surface area contributed by atoms with Gasteiger partial charge < -0.3 is 15.5 Å². The number of nitrogens with one attached hydrogen (secondary N) is 1. The molecule has 0 saturated carbocycles. The van der Waals surface area contributed by atoms with E-state index in [1.165, 1.54) is 0 Å². The lowest BCUT2D eigenvalue weighted by Gasteiger charge is -2.15. The molecule has 1 aromatic carbocycles. The number of carbonyl (C=O) groups excluding carboxylic acids is 1. The summed E-state index contributed by atoms with van der Waals surface area (Å²) in [6.45, 7) is -0.565. The molecular weight excluding hydrogens is 308 g/mol. The van der Waals surface area contributed by atoms with Crippen molar-refractivity contribution >= 4 is 38.6 Å². The average molecular weight is 321 g/mol. The molecule has 0 unspecified atom stereocenters. The summed E-state index contributed by atoms with van der Waals surface area (Å²) < 4.78 is 0. The summed E-state index contributed by atoms with van der Waals surface area (Å²) in [7, 11) is 3.31. The van der Waals surface area contributed by atoms with E-state index in [1.807, 2.05) is 6.07 Å². The summed E-state index contributed by atoms with van der Waals surface area (Å²) in [5.74, 6) is -2.28. The molecule has 9 heteroatoms. The summed E-state index contributed by atoms with van der Waals surface area (Å²) in [5.41, 5.74) is 2.48. The van der Waals surface area contributed by atoms with Crippen molar-refractivity contribution in [1.82, 2.24) is 10.3 Å². The second-order valence-electron chi connectivity index (χ2n) is 5.16. The van der Waals surface area contributed by atoms with Crippen molar-refractivity contribution in [1.29, 1.82) is 5.26 Å². The fourth-order valence-corrected chi connectivity index (χ4v) is 2.41. The predicted molar refractivity (Wildman–Crippen MR) is 92.4 cm³/mol. The Morgan fingerprint density at radius 1 is 1.33 bits per heavy atom. The molecule has 0 aliphatic rings. The third kappa shape index (κ3) is 3.38. The molecule has 118 valence electrons. The summed E-state index contributed by atoms with van der Waals surface area (Å²) in [5, 5.41) is 30.1. The summed E-state index contributed by atoms with van der Waals surface area (Å²) in [6.07, 6.45) is 0. The van der Waals surface area contributed by atoms with Crippen molar-refractivity contribution in [3.8, 4) is 22.9 Å². The zero-order valence-corrected chi connectivity index (χ0v) is 13.1. The summed E-state index contributed by atoms with van der Waals surface area (Å²) in [6, 6.07) is 8.87. The first-order valence-corrected chi connectivity index (χ1v) is 7.05. The maximum atomic E-state index is 12.0. The number of aromatic nitrogens is 1. The minimum atomic E-state index is -1.19. The highest BCUT2D eigenvalue weighted by Gasteiger charge is 2.20. The Kier molecular flexibility index (Phi) is 4.90. The fourth-order valence-electron chi connectivity index (χ4n) is 2.41. The predicted octanol–water partition coefficient (Wildman–Crippen LogP) is -2.34. The minimum Gasteiger partial charge on any atom is -0.506 e. The smallest absolute Gasteiger partial charge is 0.322 e. The van der Waals surface area contributed by atoms with Crippen LogP contribution in [0.25, 0.3) is 11.1 Å². The summed E-state index contributed by atoms with van der Waals surface area (Å²) >= 11 is 0. The molecule has 0 atom stereocenters. The molecule has 1 aromatic heterocycles. The van der Waals surface area contributed by atoms with Gasteiger partial charge in [0.05, 0.1) is 11.6 Å². The van der Waals surface area contributed by atoms with Gasteiger partial charge in [-0.15, -0.1) is 0 Å². The van der Waals surface area contributed by atoms with Crippen molar-refractivity contribution < 1.29 is 19.8 Å². The molecule has 0 aliphatic carbocycles. The Labute approximate surface area is 139 Å². The maximum Gasteiger partial charge on any atom is 0.322 e. The molecule has 1 amide bonds. The van der Waals surface area contributed by atoms with Gasteiger partial charge in [-0.2, -0.15) is 5.26 Å². The number of hydrogen-bond acceptors (Lipinski definition) is 5. The van der Waals surface area contributed by atoms with Crippen LogP contribution in [0.1, 0.15) is 16.1 Å². The van der Waals surface area contributed by atoms with Crippen LogP contribution in [0.15, 0.2) is 24.3 Å². The number of rotatable bonds is 4. The number of amides is 1. The van der Waals surface area contributed by atoms with E-state index in [0.29, 0.717) is 27.7 Å². The first-order valence-electron chi connectivity index (χ1n) is 7.05. The highest BCUT2D eigenvalue weighted by Crippen LogP contribution is 2.21. The molecule has 0 aliphatic heterocycles. The average Bonchev–Trinajstić information content (AvgIpc) is 2.56.